The first kappa shape index (κ1) is 10.9. The van der Waals surface area contributed by atoms with Crippen molar-refractivity contribution in [2.45, 2.75) is 26.1 Å². The minimum atomic E-state index is -1.22. The average molecular weight is 178 g/mol. The minimum Gasteiger partial charge on any atom is -0.479 e. The topological polar surface area (TPSA) is 93.1 Å². The third kappa shape index (κ3) is 3.89. The van der Waals surface area contributed by atoms with E-state index in [9.17, 15) is 9.59 Å². The molecule has 0 rings (SSSR count). The summed E-state index contributed by atoms with van der Waals surface area (Å²) in [6, 6.07) is 0. The molecule has 2 N–H and O–H groups in total. The highest BCUT2D eigenvalue weighted by molar-refractivity contribution is 5.72. The van der Waals surface area contributed by atoms with Crippen molar-refractivity contribution in [2.24, 2.45) is 0 Å². The van der Waals surface area contributed by atoms with Crippen LogP contribution in [0.5, 0.6) is 0 Å². The second kappa shape index (κ2) is 4.68. The number of hydrogen-bond donors (Lipinski definition) is 2. The molecule has 0 aliphatic heterocycles. The van der Waals surface area contributed by atoms with Gasteiger partial charge in [0.05, 0.1) is 0 Å². The quantitative estimate of drug-likeness (QED) is 0.450. The van der Waals surface area contributed by atoms with Crippen molar-refractivity contribution in [1.29, 1.82) is 0 Å². The zero-order valence-corrected chi connectivity index (χ0v) is 6.68. The third-order valence-electron chi connectivity index (χ3n) is 1.04. The van der Waals surface area contributed by atoms with Crippen LogP contribution in [0.3, 0.4) is 0 Å². The van der Waals surface area contributed by atoms with Crippen molar-refractivity contribution in [3.05, 3.63) is 0 Å². The summed E-state index contributed by atoms with van der Waals surface area (Å²) in [5.41, 5.74) is 0. The van der Waals surface area contributed by atoms with Crippen molar-refractivity contribution in [3.8, 4) is 0 Å². The highest BCUT2D eigenvalue weighted by Gasteiger charge is 2.17. The summed E-state index contributed by atoms with van der Waals surface area (Å²) < 4.78 is 0. The van der Waals surface area contributed by atoms with Crippen LogP contribution in [0.1, 0.15) is 13.8 Å². The van der Waals surface area contributed by atoms with E-state index >= 15 is 0 Å². The molecule has 0 bridgehead atoms. The lowest BCUT2D eigenvalue weighted by molar-refractivity contribution is -0.335. The van der Waals surface area contributed by atoms with E-state index in [0.717, 1.165) is 0 Å². The molecule has 0 aliphatic rings. The molecule has 0 heterocycles. The summed E-state index contributed by atoms with van der Waals surface area (Å²) in [6.45, 7) is 2.47. The summed E-state index contributed by atoms with van der Waals surface area (Å²) in [6.07, 6.45) is -2.35. The Morgan fingerprint density at radius 3 is 1.42 bits per heavy atom. The lowest BCUT2D eigenvalue weighted by Gasteiger charge is -2.09. The van der Waals surface area contributed by atoms with Gasteiger partial charge >= 0.3 is 11.9 Å². The molecule has 0 saturated heterocycles. The van der Waals surface area contributed by atoms with Gasteiger partial charge in [0.2, 0.25) is 0 Å². The van der Waals surface area contributed by atoms with Crippen LogP contribution in [0.4, 0.5) is 0 Å². The number of carboxylic acid groups (broad SMARTS) is 2. The second-order valence-electron chi connectivity index (χ2n) is 2.15. The molecule has 0 aliphatic carbocycles. The smallest absolute Gasteiger partial charge is 0.335 e. The van der Waals surface area contributed by atoms with Crippen molar-refractivity contribution in [1.82, 2.24) is 0 Å². The molecule has 70 valence electrons. The molecule has 12 heavy (non-hydrogen) atoms. The number of hydrogen-bond acceptors (Lipinski definition) is 4. The highest BCUT2D eigenvalue weighted by Crippen LogP contribution is 1.97. The molecule has 2 atom stereocenters. The normalized spacial score (nSPS) is 15.2. The molecule has 0 amide bonds. The number of rotatable bonds is 5. The molecule has 0 radical (unpaired) electrons. The SMILES string of the molecule is CC(OOC(C)C(=O)O)C(=O)O. The fraction of sp³-hybridized carbons (Fsp3) is 0.667. The predicted molar refractivity (Wildman–Crippen MR) is 36.4 cm³/mol. The zero-order chi connectivity index (χ0) is 9.72. The molecule has 2 unspecified atom stereocenters. The summed E-state index contributed by atoms with van der Waals surface area (Å²) in [5, 5.41) is 16.6. The van der Waals surface area contributed by atoms with Crippen LogP contribution in [-0.4, -0.2) is 34.4 Å². The summed E-state index contributed by atoms with van der Waals surface area (Å²) in [7, 11) is 0. The number of aliphatic carboxylic acids is 2. The first-order valence-corrected chi connectivity index (χ1v) is 3.23. The van der Waals surface area contributed by atoms with Crippen molar-refractivity contribution < 1.29 is 29.6 Å². The molecule has 0 spiro atoms. The summed E-state index contributed by atoms with van der Waals surface area (Å²) in [5.74, 6) is -2.43. The summed E-state index contributed by atoms with van der Waals surface area (Å²) >= 11 is 0. The fourth-order valence-corrected chi connectivity index (χ4v) is 0.249. The maximum Gasteiger partial charge on any atom is 0.335 e. The maximum absolute atomic E-state index is 10.1. The van der Waals surface area contributed by atoms with Crippen molar-refractivity contribution >= 4 is 11.9 Å². The van der Waals surface area contributed by atoms with E-state index in [2.05, 4.69) is 9.78 Å². The van der Waals surface area contributed by atoms with Gasteiger partial charge in [-0.25, -0.2) is 19.4 Å². The Bertz CT molecular complexity index is 157. The first-order valence-electron chi connectivity index (χ1n) is 3.23. The number of carbonyl (C=O) groups is 2. The van der Waals surface area contributed by atoms with E-state index in [1.807, 2.05) is 0 Å². The monoisotopic (exact) mass is 178 g/mol. The van der Waals surface area contributed by atoms with Crippen LogP contribution >= 0.6 is 0 Å². The fourth-order valence-electron chi connectivity index (χ4n) is 0.249. The molecular formula is C6H10O6. The van der Waals surface area contributed by atoms with Crippen LogP contribution in [0.25, 0.3) is 0 Å². The molecular weight excluding hydrogens is 168 g/mol. The molecule has 0 fully saturated rings. The first-order chi connectivity index (χ1) is 5.45. The van der Waals surface area contributed by atoms with Gasteiger partial charge in [0, 0.05) is 0 Å². The van der Waals surface area contributed by atoms with Crippen LogP contribution in [0.15, 0.2) is 0 Å². The lowest BCUT2D eigenvalue weighted by Crippen LogP contribution is -2.26. The van der Waals surface area contributed by atoms with Gasteiger partial charge in [-0.2, -0.15) is 0 Å². The Morgan fingerprint density at radius 2 is 1.25 bits per heavy atom. The molecule has 6 heteroatoms. The molecule has 0 saturated carbocycles. The highest BCUT2D eigenvalue weighted by atomic mass is 17.2. The lowest BCUT2D eigenvalue weighted by atomic mass is 10.4. The van der Waals surface area contributed by atoms with Gasteiger partial charge in [-0.1, -0.05) is 0 Å². The minimum absolute atomic E-state index is 1.17. The predicted octanol–water partition coefficient (Wildman–Crippen LogP) is -0.119. The van der Waals surface area contributed by atoms with Crippen LogP contribution < -0.4 is 0 Å². The van der Waals surface area contributed by atoms with Gasteiger partial charge in [0.15, 0.2) is 12.2 Å². The second-order valence-corrected chi connectivity index (χ2v) is 2.15. The molecule has 0 aromatic rings. The number of carboxylic acids is 2. The van der Waals surface area contributed by atoms with E-state index in [1.54, 1.807) is 0 Å². The van der Waals surface area contributed by atoms with Crippen LogP contribution in [-0.2, 0) is 19.4 Å². The van der Waals surface area contributed by atoms with E-state index in [4.69, 9.17) is 10.2 Å². The van der Waals surface area contributed by atoms with Gasteiger partial charge in [-0.3, -0.25) is 0 Å². The maximum atomic E-state index is 10.1. The Kier molecular flexibility index (Phi) is 4.24. The van der Waals surface area contributed by atoms with E-state index in [-0.39, 0.29) is 0 Å². The average Bonchev–Trinajstić information content (AvgIpc) is 1.98. The van der Waals surface area contributed by atoms with Gasteiger partial charge < -0.3 is 10.2 Å². The van der Waals surface area contributed by atoms with Gasteiger partial charge in [0.1, 0.15) is 0 Å². The Hall–Kier alpha value is -1.14. The van der Waals surface area contributed by atoms with E-state index in [0.29, 0.717) is 0 Å². The van der Waals surface area contributed by atoms with Gasteiger partial charge in [-0.15, -0.1) is 0 Å². The third-order valence-corrected chi connectivity index (χ3v) is 1.04. The summed E-state index contributed by atoms with van der Waals surface area (Å²) in [4.78, 5) is 28.8. The molecule has 0 aromatic heterocycles. The van der Waals surface area contributed by atoms with Gasteiger partial charge in [0.25, 0.3) is 0 Å². The molecule has 0 aromatic carbocycles. The largest absolute Gasteiger partial charge is 0.479 e. The Labute approximate surface area is 68.6 Å². The zero-order valence-electron chi connectivity index (χ0n) is 6.68. The van der Waals surface area contributed by atoms with Crippen LogP contribution in [0.2, 0.25) is 0 Å². The van der Waals surface area contributed by atoms with E-state index in [1.165, 1.54) is 13.8 Å². The van der Waals surface area contributed by atoms with Crippen molar-refractivity contribution in [2.75, 3.05) is 0 Å². The van der Waals surface area contributed by atoms with Crippen LogP contribution in [0, 0.1) is 0 Å². The van der Waals surface area contributed by atoms with Gasteiger partial charge in [-0.05, 0) is 13.8 Å². The molecule has 6 nitrogen and oxygen atoms in total. The van der Waals surface area contributed by atoms with E-state index < -0.39 is 24.1 Å². The Balaban J connectivity index is 3.68. The standard InChI is InChI=1S/C6H10O6/c1-3(5(7)8)11-12-4(2)6(9)10/h3-4H,1-2H3,(H,7,8)(H,9,10). The Morgan fingerprint density at radius 1 is 1.00 bits per heavy atom. The van der Waals surface area contributed by atoms with Crippen molar-refractivity contribution in [3.63, 3.8) is 0 Å².